The minimum absolute atomic E-state index is 0.0105. The molecule has 1 heterocycles. The number of fused-ring (bicyclic) bond motifs is 1. The van der Waals surface area contributed by atoms with E-state index in [1.807, 2.05) is 0 Å². The van der Waals surface area contributed by atoms with E-state index in [0.29, 0.717) is 5.02 Å². The van der Waals surface area contributed by atoms with E-state index in [9.17, 15) is 22.8 Å². The van der Waals surface area contributed by atoms with Crippen LogP contribution in [-0.4, -0.2) is 44.4 Å². The summed E-state index contributed by atoms with van der Waals surface area (Å²) < 4.78 is 31.4. The Labute approximate surface area is 166 Å². The minimum atomic E-state index is -3.79. The lowest BCUT2D eigenvalue weighted by Gasteiger charge is -2.14. The van der Waals surface area contributed by atoms with E-state index in [-0.39, 0.29) is 29.0 Å². The van der Waals surface area contributed by atoms with Crippen LogP contribution in [0.25, 0.3) is 0 Å². The lowest BCUT2D eigenvalue weighted by molar-refractivity contribution is -0.146. The molecular formula is C18H15ClN2O6S. The number of esters is 1. The third-order valence-corrected chi connectivity index (χ3v) is 5.71. The SMILES string of the molecule is O=C(CCNS(=O)(=O)c1ccc(Cl)cc1)OCN1C(=O)c2ccccc2C1=O. The van der Waals surface area contributed by atoms with Gasteiger partial charge < -0.3 is 4.74 Å². The van der Waals surface area contributed by atoms with Crippen LogP contribution in [0.2, 0.25) is 5.02 Å². The first-order valence-corrected chi connectivity index (χ1v) is 10.0. The predicted molar refractivity (Wildman–Crippen MR) is 99.2 cm³/mol. The number of ether oxygens (including phenoxy) is 1. The summed E-state index contributed by atoms with van der Waals surface area (Å²) in [5.74, 6) is -1.84. The Bertz CT molecular complexity index is 1000. The Balaban J connectivity index is 1.49. The molecule has 0 fully saturated rings. The van der Waals surface area contributed by atoms with Gasteiger partial charge in [-0.3, -0.25) is 14.4 Å². The number of sulfonamides is 1. The molecule has 1 aliphatic heterocycles. The van der Waals surface area contributed by atoms with Gasteiger partial charge in [0.15, 0.2) is 6.73 Å². The first-order chi connectivity index (χ1) is 13.3. The van der Waals surface area contributed by atoms with Gasteiger partial charge >= 0.3 is 5.97 Å². The van der Waals surface area contributed by atoms with Gasteiger partial charge in [0.1, 0.15) is 0 Å². The molecule has 0 aliphatic carbocycles. The number of halogens is 1. The van der Waals surface area contributed by atoms with Crippen LogP contribution in [0.3, 0.4) is 0 Å². The van der Waals surface area contributed by atoms with Crippen LogP contribution in [0.4, 0.5) is 0 Å². The van der Waals surface area contributed by atoms with Crippen LogP contribution in [-0.2, 0) is 19.6 Å². The number of benzene rings is 2. The van der Waals surface area contributed by atoms with Crippen LogP contribution in [0, 0.1) is 0 Å². The number of amides is 2. The molecule has 1 aliphatic rings. The molecule has 0 unspecified atom stereocenters. The molecular weight excluding hydrogens is 408 g/mol. The number of nitrogens with zero attached hydrogens (tertiary/aromatic N) is 1. The second-order valence-corrected chi connectivity index (χ2v) is 8.03. The van der Waals surface area contributed by atoms with Crippen molar-refractivity contribution in [3.63, 3.8) is 0 Å². The molecule has 3 rings (SSSR count). The molecule has 1 N–H and O–H groups in total. The zero-order valence-electron chi connectivity index (χ0n) is 14.4. The van der Waals surface area contributed by atoms with Crippen molar-refractivity contribution in [1.29, 1.82) is 0 Å². The molecule has 2 aromatic carbocycles. The van der Waals surface area contributed by atoms with Gasteiger partial charge in [0.05, 0.1) is 22.4 Å². The Morgan fingerprint density at radius 2 is 1.57 bits per heavy atom. The Hall–Kier alpha value is -2.75. The Morgan fingerprint density at radius 1 is 1.00 bits per heavy atom. The molecule has 0 saturated heterocycles. The molecule has 10 heteroatoms. The summed E-state index contributed by atoms with van der Waals surface area (Å²) in [5, 5.41) is 0.399. The third-order valence-electron chi connectivity index (χ3n) is 3.98. The van der Waals surface area contributed by atoms with Gasteiger partial charge in [-0.25, -0.2) is 18.0 Å². The van der Waals surface area contributed by atoms with Crippen LogP contribution in [0.1, 0.15) is 27.1 Å². The molecule has 0 saturated carbocycles. The monoisotopic (exact) mass is 422 g/mol. The van der Waals surface area contributed by atoms with Crippen molar-refractivity contribution in [2.24, 2.45) is 0 Å². The summed E-state index contributed by atoms with van der Waals surface area (Å²) in [6, 6.07) is 11.8. The van der Waals surface area contributed by atoms with Crippen molar-refractivity contribution >= 4 is 39.4 Å². The highest BCUT2D eigenvalue weighted by Crippen LogP contribution is 2.22. The van der Waals surface area contributed by atoms with Crippen LogP contribution >= 0.6 is 11.6 Å². The number of carbonyl (C=O) groups is 3. The molecule has 0 spiro atoms. The van der Waals surface area contributed by atoms with Crippen LogP contribution in [0.5, 0.6) is 0 Å². The lowest BCUT2D eigenvalue weighted by atomic mass is 10.1. The lowest BCUT2D eigenvalue weighted by Crippen LogP contribution is -2.34. The maximum atomic E-state index is 12.2. The van der Waals surface area contributed by atoms with E-state index in [1.165, 1.54) is 36.4 Å². The number of nitrogens with one attached hydrogen (secondary N) is 1. The van der Waals surface area contributed by atoms with Gasteiger partial charge in [-0.1, -0.05) is 23.7 Å². The summed E-state index contributed by atoms with van der Waals surface area (Å²) in [6.45, 7) is -0.735. The second-order valence-electron chi connectivity index (χ2n) is 5.83. The predicted octanol–water partition coefficient (Wildman–Crippen LogP) is 1.81. The first-order valence-electron chi connectivity index (χ1n) is 8.16. The van der Waals surface area contributed by atoms with Crippen molar-refractivity contribution in [2.45, 2.75) is 11.3 Å². The highest BCUT2D eigenvalue weighted by atomic mass is 35.5. The van der Waals surface area contributed by atoms with Gasteiger partial charge in [0, 0.05) is 11.6 Å². The Kier molecular flexibility index (Phi) is 5.78. The zero-order chi connectivity index (χ0) is 20.3. The van der Waals surface area contributed by atoms with Gasteiger partial charge in [-0.15, -0.1) is 0 Å². The molecule has 8 nitrogen and oxygen atoms in total. The number of hydrogen-bond donors (Lipinski definition) is 1. The fourth-order valence-electron chi connectivity index (χ4n) is 2.55. The Morgan fingerprint density at radius 3 is 2.14 bits per heavy atom. The molecule has 0 radical (unpaired) electrons. The fourth-order valence-corrected chi connectivity index (χ4v) is 3.71. The van der Waals surface area contributed by atoms with E-state index in [0.717, 1.165) is 4.90 Å². The summed E-state index contributed by atoms with van der Waals surface area (Å²) >= 11 is 5.72. The van der Waals surface area contributed by atoms with E-state index >= 15 is 0 Å². The average molecular weight is 423 g/mol. The van der Waals surface area contributed by atoms with E-state index < -0.39 is 34.5 Å². The maximum Gasteiger partial charge on any atom is 0.308 e. The minimum Gasteiger partial charge on any atom is -0.444 e. The number of hydrogen-bond acceptors (Lipinski definition) is 6. The average Bonchev–Trinajstić information content (AvgIpc) is 2.91. The summed E-state index contributed by atoms with van der Waals surface area (Å²) in [5.41, 5.74) is 0.499. The molecule has 146 valence electrons. The number of imide groups is 1. The van der Waals surface area contributed by atoms with Crippen molar-refractivity contribution < 1.29 is 27.5 Å². The normalized spacial score (nSPS) is 13.5. The number of rotatable bonds is 7. The van der Waals surface area contributed by atoms with Crippen LogP contribution in [0.15, 0.2) is 53.4 Å². The fraction of sp³-hybridized carbons (Fsp3) is 0.167. The van der Waals surface area contributed by atoms with Crippen molar-refractivity contribution in [2.75, 3.05) is 13.3 Å². The summed E-state index contributed by atoms with van der Waals surface area (Å²) in [7, 11) is -3.79. The van der Waals surface area contributed by atoms with Gasteiger partial charge in [0.25, 0.3) is 11.8 Å². The summed E-state index contributed by atoms with van der Waals surface area (Å²) in [6.07, 6.45) is -0.268. The second kappa shape index (κ2) is 8.09. The molecule has 0 bridgehead atoms. The smallest absolute Gasteiger partial charge is 0.308 e. The van der Waals surface area contributed by atoms with E-state index in [2.05, 4.69) is 4.72 Å². The molecule has 0 aromatic heterocycles. The standard InChI is InChI=1S/C18H15ClN2O6S/c19-12-5-7-13(8-6-12)28(25,26)20-10-9-16(22)27-11-21-17(23)14-3-1-2-4-15(14)18(21)24/h1-8,20H,9-11H2. The molecule has 2 amide bonds. The topological polar surface area (TPSA) is 110 Å². The third kappa shape index (κ3) is 4.22. The van der Waals surface area contributed by atoms with Gasteiger partial charge in [-0.05, 0) is 36.4 Å². The maximum absolute atomic E-state index is 12.2. The summed E-state index contributed by atoms with van der Waals surface area (Å²) in [4.78, 5) is 37.0. The highest BCUT2D eigenvalue weighted by molar-refractivity contribution is 7.89. The molecule has 28 heavy (non-hydrogen) atoms. The van der Waals surface area contributed by atoms with Crippen molar-refractivity contribution in [3.8, 4) is 0 Å². The molecule has 0 atom stereocenters. The highest BCUT2D eigenvalue weighted by Gasteiger charge is 2.35. The van der Waals surface area contributed by atoms with Gasteiger partial charge in [-0.2, -0.15) is 0 Å². The van der Waals surface area contributed by atoms with Crippen molar-refractivity contribution in [1.82, 2.24) is 9.62 Å². The van der Waals surface area contributed by atoms with Gasteiger partial charge in [0.2, 0.25) is 10.0 Å². The van der Waals surface area contributed by atoms with Crippen LogP contribution < -0.4 is 4.72 Å². The van der Waals surface area contributed by atoms with E-state index in [4.69, 9.17) is 16.3 Å². The number of carbonyl (C=O) groups excluding carboxylic acids is 3. The van der Waals surface area contributed by atoms with E-state index in [1.54, 1.807) is 12.1 Å². The zero-order valence-corrected chi connectivity index (χ0v) is 16.0. The quantitative estimate of drug-likeness (QED) is 0.538. The molecule has 2 aromatic rings. The van der Waals surface area contributed by atoms with Crippen molar-refractivity contribution in [3.05, 3.63) is 64.7 Å². The first kappa shape index (κ1) is 20.0. The largest absolute Gasteiger partial charge is 0.444 e.